The summed E-state index contributed by atoms with van der Waals surface area (Å²) in [5, 5.41) is 1.60. The average Bonchev–Trinajstić information content (AvgIpc) is 2.86. The molecule has 0 unspecified atom stereocenters. The summed E-state index contributed by atoms with van der Waals surface area (Å²) in [6, 6.07) is 10.1. The molecule has 3 heteroatoms. The molecule has 2 bridgehead atoms. The molecular weight excluding hydrogens is 238 g/mol. The quantitative estimate of drug-likeness (QED) is 0.776. The second-order valence-corrected chi connectivity index (χ2v) is 5.29. The number of carbonyl (C=O) groups is 1. The molecule has 0 aromatic heterocycles. The molecule has 3 nitrogen and oxygen atoms in total. The Labute approximate surface area is 113 Å². The number of fused-ring (bicyclic) bond motifs is 2. The summed E-state index contributed by atoms with van der Waals surface area (Å²) in [6.07, 6.45) is 6.19. The van der Waals surface area contributed by atoms with E-state index < -0.39 is 0 Å². The van der Waals surface area contributed by atoms with Gasteiger partial charge >= 0.3 is 0 Å². The van der Waals surface area contributed by atoms with Gasteiger partial charge in [0.05, 0.1) is 6.04 Å². The van der Waals surface area contributed by atoms with Crippen molar-refractivity contribution in [1.82, 2.24) is 5.06 Å². The highest BCUT2D eigenvalue weighted by Gasteiger charge is 2.42. The van der Waals surface area contributed by atoms with E-state index in [0.29, 0.717) is 12.5 Å². The smallest absolute Gasteiger partial charge is 0.250 e. The third-order valence-corrected chi connectivity index (χ3v) is 4.10. The van der Waals surface area contributed by atoms with E-state index in [1.165, 1.54) is 0 Å². The molecule has 3 rings (SSSR count). The van der Waals surface area contributed by atoms with Gasteiger partial charge in [-0.05, 0) is 24.3 Å². The molecule has 1 saturated heterocycles. The lowest BCUT2D eigenvalue weighted by molar-refractivity contribution is -0.213. The number of benzene rings is 1. The van der Waals surface area contributed by atoms with Gasteiger partial charge in [0.25, 0.3) is 0 Å². The highest BCUT2D eigenvalue weighted by atomic mass is 16.7. The molecule has 0 spiro atoms. The van der Waals surface area contributed by atoms with Gasteiger partial charge in [0.15, 0.2) is 0 Å². The molecule has 19 heavy (non-hydrogen) atoms. The number of allylic oxidation sites excluding steroid dienone is 1. The van der Waals surface area contributed by atoms with Crippen LogP contribution in [0.3, 0.4) is 0 Å². The maximum atomic E-state index is 12.4. The Kier molecular flexibility index (Phi) is 3.38. The second-order valence-electron chi connectivity index (χ2n) is 5.29. The molecule has 1 aliphatic heterocycles. The molecular formula is C16H19NO2. The Bertz CT molecular complexity index is 483. The van der Waals surface area contributed by atoms with Gasteiger partial charge in [0.1, 0.15) is 6.61 Å². The van der Waals surface area contributed by atoms with Gasteiger partial charge in [0, 0.05) is 5.92 Å². The molecule has 3 atom stereocenters. The number of amides is 1. The van der Waals surface area contributed by atoms with Gasteiger partial charge < -0.3 is 0 Å². The number of hydroxylamine groups is 2. The second kappa shape index (κ2) is 5.17. The number of carbonyl (C=O) groups excluding carboxylic acids is 1. The number of nitrogens with zero attached hydrogens (tertiary/aromatic N) is 1. The predicted molar refractivity (Wildman–Crippen MR) is 72.9 cm³/mol. The van der Waals surface area contributed by atoms with Crippen LogP contribution in [0.4, 0.5) is 0 Å². The van der Waals surface area contributed by atoms with Crippen LogP contribution in [0.5, 0.6) is 0 Å². The van der Waals surface area contributed by atoms with Gasteiger partial charge in [-0.2, -0.15) is 0 Å². The zero-order valence-electron chi connectivity index (χ0n) is 11.2. The van der Waals surface area contributed by atoms with Crippen LogP contribution in [0, 0.1) is 11.8 Å². The normalized spacial score (nSPS) is 29.0. The molecule has 1 aromatic rings. The van der Waals surface area contributed by atoms with Crippen molar-refractivity contribution >= 4 is 5.91 Å². The third-order valence-electron chi connectivity index (χ3n) is 4.10. The topological polar surface area (TPSA) is 29.5 Å². The maximum absolute atomic E-state index is 12.4. The van der Waals surface area contributed by atoms with E-state index in [4.69, 9.17) is 4.84 Å². The molecule has 0 N–H and O–H groups in total. The van der Waals surface area contributed by atoms with Crippen LogP contribution in [0.1, 0.15) is 25.3 Å². The molecule has 0 radical (unpaired) electrons. The highest BCUT2D eigenvalue weighted by Crippen LogP contribution is 2.37. The maximum Gasteiger partial charge on any atom is 0.250 e. The van der Waals surface area contributed by atoms with Crippen LogP contribution in [-0.2, 0) is 16.2 Å². The fourth-order valence-electron chi connectivity index (χ4n) is 3.04. The summed E-state index contributed by atoms with van der Waals surface area (Å²) in [5.41, 5.74) is 1.09. The van der Waals surface area contributed by atoms with Gasteiger partial charge in [-0.15, -0.1) is 0 Å². The van der Waals surface area contributed by atoms with Crippen molar-refractivity contribution in [3.8, 4) is 0 Å². The fraction of sp³-hybridized carbons (Fsp3) is 0.438. The molecule has 100 valence electrons. The Morgan fingerprint density at radius 2 is 2.05 bits per heavy atom. The first-order valence-corrected chi connectivity index (χ1v) is 6.98. The van der Waals surface area contributed by atoms with Crippen LogP contribution in [-0.4, -0.2) is 17.0 Å². The summed E-state index contributed by atoms with van der Waals surface area (Å²) in [5.74, 6) is 0.648. The van der Waals surface area contributed by atoms with E-state index in [9.17, 15) is 4.79 Å². The minimum atomic E-state index is 0.0887. The van der Waals surface area contributed by atoms with E-state index in [-0.39, 0.29) is 17.9 Å². The van der Waals surface area contributed by atoms with Crippen molar-refractivity contribution in [2.24, 2.45) is 11.8 Å². The Morgan fingerprint density at radius 3 is 2.79 bits per heavy atom. The molecule has 1 heterocycles. The lowest BCUT2D eigenvalue weighted by Crippen LogP contribution is -2.47. The van der Waals surface area contributed by atoms with Crippen LogP contribution in [0.15, 0.2) is 42.5 Å². The summed E-state index contributed by atoms with van der Waals surface area (Å²) >= 11 is 0. The zero-order valence-corrected chi connectivity index (χ0v) is 11.2. The first-order valence-electron chi connectivity index (χ1n) is 6.98. The van der Waals surface area contributed by atoms with E-state index in [0.717, 1.165) is 18.4 Å². The molecule has 2 aliphatic rings. The Morgan fingerprint density at radius 1 is 1.26 bits per heavy atom. The van der Waals surface area contributed by atoms with Gasteiger partial charge in [-0.1, -0.05) is 49.4 Å². The molecule has 1 aromatic carbocycles. The lowest BCUT2D eigenvalue weighted by atomic mass is 9.85. The fourth-order valence-corrected chi connectivity index (χ4v) is 3.04. The van der Waals surface area contributed by atoms with Gasteiger partial charge in [-0.3, -0.25) is 9.63 Å². The monoisotopic (exact) mass is 257 g/mol. The number of piperidine rings is 1. The molecule has 1 amide bonds. The largest absolute Gasteiger partial charge is 0.272 e. The van der Waals surface area contributed by atoms with Crippen molar-refractivity contribution in [3.63, 3.8) is 0 Å². The van der Waals surface area contributed by atoms with E-state index >= 15 is 0 Å². The van der Waals surface area contributed by atoms with Crippen molar-refractivity contribution in [2.45, 2.75) is 32.4 Å². The van der Waals surface area contributed by atoms with Crippen LogP contribution >= 0.6 is 0 Å². The SMILES string of the molecule is CC[C@@H]1C(=O)N(OCc2ccccc2)[C@@H]2C=C[C@H]1C2. The van der Waals surface area contributed by atoms with Gasteiger partial charge in [-0.25, -0.2) is 5.06 Å². The van der Waals surface area contributed by atoms with E-state index in [1.54, 1.807) is 5.06 Å². The van der Waals surface area contributed by atoms with Crippen molar-refractivity contribution in [1.29, 1.82) is 0 Å². The van der Waals surface area contributed by atoms with Crippen molar-refractivity contribution in [3.05, 3.63) is 48.0 Å². The summed E-state index contributed by atoms with van der Waals surface area (Å²) in [6.45, 7) is 2.53. The zero-order chi connectivity index (χ0) is 13.2. The molecule has 0 saturated carbocycles. The molecule has 1 fully saturated rings. The summed E-state index contributed by atoms with van der Waals surface area (Å²) in [7, 11) is 0. The minimum Gasteiger partial charge on any atom is -0.272 e. The van der Waals surface area contributed by atoms with Crippen LogP contribution < -0.4 is 0 Å². The van der Waals surface area contributed by atoms with Crippen LogP contribution in [0.2, 0.25) is 0 Å². The lowest BCUT2D eigenvalue weighted by Gasteiger charge is -2.36. The summed E-state index contributed by atoms with van der Waals surface area (Å²) in [4.78, 5) is 18.2. The Hall–Kier alpha value is -1.61. The summed E-state index contributed by atoms with van der Waals surface area (Å²) < 4.78 is 0. The first-order chi connectivity index (χ1) is 9.29. The predicted octanol–water partition coefficient (Wildman–Crippen LogP) is 2.93. The first kappa shape index (κ1) is 12.4. The minimum absolute atomic E-state index is 0.0887. The van der Waals surface area contributed by atoms with E-state index in [1.807, 2.05) is 30.3 Å². The van der Waals surface area contributed by atoms with E-state index in [2.05, 4.69) is 19.1 Å². The van der Waals surface area contributed by atoms with Crippen molar-refractivity contribution in [2.75, 3.05) is 0 Å². The number of hydrogen-bond donors (Lipinski definition) is 0. The standard InChI is InChI=1S/C16H19NO2/c1-2-15-13-8-9-14(10-13)17(16(15)18)19-11-12-6-4-3-5-7-12/h3-9,13-15H,2,10-11H2,1H3/t13-,14+,15-/m0/s1. The average molecular weight is 257 g/mol. The Balaban J connectivity index is 1.70. The number of rotatable bonds is 4. The highest BCUT2D eigenvalue weighted by molar-refractivity contribution is 5.80. The third kappa shape index (κ3) is 2.30. The van der Waals surface area contributed by atoms with Crippen molar-refractivity contribution < 1.29 is 9.63 Å². The van der Waals surface area contributed by atoms with Gasteiger partial charge in [0.2, 0.25) is 5.91 Å². The number of hydrogen-bond acceptors (Lipinski definition) is 2. The molecule has 1 aliphatic carbocycles. The van der Waals surface area contributed by atoms with Crippen LogP contribution in [0.25, 0.3) is 0 Å².